The summed E-state index contributed by atoms with van der Waals surface area (Å²) in [6.07, 6.45) is 3.24. The van der Waals surface area contributed by atoms with Crippen LogP contribution in [0.5, 0.6) is 0 Å². The monoisotopic (exact) mass is 452 g/mol. The molecule has 0 bridgehead atoms. The summed E-state index contributed by atoms with van der Waals surface area (Å²) >= 11 is 1.81. The molecule has 0 N–H and O–H groups in total. The van der Waals surface area contributed by atoms with E-state index in [1.807, 2.05) is 11.8 Å². The fourth-order valence-corrected chi connectivity index (χ4v) is 5.23. The summed E-state index contributed by atoms with van der Waals surface area (Å²) < 4.78 is 0. The molecule has 2 saturated heterocycles. The lowest BCUT2D eigenvalue weighted by molar-refractivity contribution is -0.134. The van der Waals surface area contributed by atoms with Gasteiger partial charge in [-0.25, -0.2) is 0 Å². The minimum absolute atomic E-state index is 0.298. The van der Waals surface area contributed by atoms with Crippen LogP contribution < -0.4 is 0 Å². The lowest BCUT2D eigenvalue weighted by atomic mass is 10.1. The first-order chi connectivity index (χ1) is 15.7. The molecular weight excluding hydrogens is 416 g/mol. The lowest BCUT2D eigenvalue weighted by Gasteiger charge is -2.38. The normalized spacial score (nSPS) is 18.7. The Morgan fingerprint density at radius 3 is 2.12 bits per heavy atom. The van der Waals surface area contributed by atoms with Crippen LogP contribution in [0, 0.1) is 0 Å². The van der Waals surface area contributed by atoms with Crippen molar-refractivity contribution in [2.45, 2.75) is 17.9 Å². The van der Waals surface area contributed by atoms with E-state index in [9.17, 15) is 4.79 Å². The van der Waals surface area contributed by atoms with E-state index in [0.717, 1.165) is 71.9 Å². The molecule has 172 valence electrons. The molecule has 2 aliphatic rings. The zero-order chi connectivity index (χ0) is 22.2. The van der Waals surface area contributed by atoms with E-state index < -0.39 is 0 Å². The Morgan fingerprint density at radius 1 is 0.781 bits per heavy atom. The molecule has 0 spiro atoms. The number of thioether (sulfide) groups is 1. The van der Waals surface area contributed by atoms with Crippen molar-refractivity contribution in [2.75, 3.05) is 71.7 Å². The standard InChI is InChI=1S/C26H36N4OS/c1-32-25-10-6-5-9-24(25)21-28-17-19-30(20-18-28)26(31)22-29-15-13-27(14-16-29)12-11-23-7-3-2-4-8-23/h2-10H,11-22H2,1H3. The Morgan fingerprint density at radius 2 is 1.41 bits per heavy atom. The Kier molecular flexibility index (Phi) is 8.62. The van der Waals surface area contributed by atoms with Crippen molar-refractivity contribution >= 4 is 17.7 Å². The topological polar surface area (TPSA) is 30.0 Å². The number of hydrogen-bond acceptors (Lipinski definition) is 5. The van der Waals surface area contributed by atoms with Gasteiger partial charge in [0.05, 0.1) is 6.54 Å². The van der Waals surface area contributed by atoms with E-state index in [4.69, 9.17) is 0 Å². The summed E-state index contributed by atoms with van der Waals surface area (Å²) in [6.45, 7) is 10.4. The van der Waals surface area contributed by atoms with E-state index in [-0.39, 0.29) is 0 Å². The van der Waals surface area contributed by atoms with Crippen molar-refractivity contribution < 1.29 is 4.79 Å². The van der Waals surface area contributed by atoms with Gasteiger partial charge in [0.25, 0.3) is 0 Å². The highest BCUT2D eigenvalue weighted by atomic mass is 32.2. The van der Waals surface area contributed by atoms with Gasteiger partial charge in [0.15, 0.2) is 0 Å². The Bertz CT molecular complexity index is 846. The number of nitrogens with zero attached hydrogens (tertiary/aromatic N) is 4. The Hall–Kier alpha value is -1.86. The maximum absolute atomic E-state index is 12.9. The van der Waals surface area contributed by atoms with Gasteiger partial charge in [-0.1, -0.05) is 48.5 Å². The SMILES string of the molecule is CSc1ccccc1CN1CCN(C(=O)CN2CCN(CCc3ccccc3)CC2)CC1. The van der Waals surface area contributed by atoms with Crippen molar-refractivity contribution in [1.82, 2.24) is 19.6 Å². The second-order valence-corrected chi connectivity index (χ2v) is 9.67. The molecule has 2 heterocycles. The van der Waals surface area contributed by atoms with Crippen LogP contribution in [0.25, 0.3) is 0 Å². The smallest absolute Gasteiger partial charge is 0.236 e. The first-order valence-electron chi connectivity index (χ1n) is 11.8. The summed E-state index contributed by atoms with van der Waals surface area (Å²) in [4.78, 5) is 23.6. The van der Waals surface area contributed by atoms with Crippen LogP contribution in [0.1, 0.15) is 11.1 Å². The second kappa shape index (κ2) is 11.8. The van der Waals surface area contributed by atoms with Crippen molar-refractivity contribution in [3.8, 4) is 0 Å². The third kappa shape index (κ3) is 6.58. The van der Waals surface area contributed by atoms with Crippen LogP contribution in [-0.2, 0) is 17.8 Å². The maximum atomic E-state index is 12.9. The number of piperazine rings is 2. The molecule has 2 fully saturated rings. The van der Waals surface area contributed by atoms with Crippen molar-refractivity contribution in [2.24, 2.45) is 0 Å². The maximum Gasteiger partial charge on any atom is 0.236 e. The number of carbonyl (C=O) groups is 1. The van der Waals surface area contributed by atoms with Crippen LogP contribution in [-0.4, -0.2) is 97.2 Å². The van der Waals surface area contributed by atoms with Crippen molar-refractivity contribution in [3.63, 3.8) is 0 Å². The number of benzene rings is 2. The predicted molar refractivity (Wildman–Crippen MR) is 133 cm³/mol. The number of carbonyl (C=O) groups excluding carboxylic acids is 1. The third-order valence-electron chi connectivity index (χ3n) is 6.69. The van der Waals surface area contributed by atoms with Gasteiger partial charge >= 0.3 is 0 Å². The molecule has 1 amide bonds. The van der Waals surface area contributed by atoms with Gasteiger partial charge in [0.1, 0.15) is 0 Å². The average Bonchev–Trinajstić information content (AvgIpc) is 2.85. The summed E-state index contributed by atoms with van der Waals surface area (Å²) in [5, 5.41) is 0. The van der Waals surface area contributed by atoms with E-state index in [0.29, 0.717) is 12.5 Å². The van der Waals surface area contributed by atoms with Gasteiger partial charge in [0, 0.05) is 70.3 Å². The van der Waals surface area contributed by atoms with E-state index in [1.165, 1.54) is 16.0 Å². The minimum atomic E-state index is 0.298. The predicted octanol–water partition coefficient (Wildman–Crippen LogP) is 2.91. The van der Waals surface area contributed by atoms with Crippen LogP contribution >= 0.6 is 11.8 Å². The average molecular weight is 453 g/mol. The molecule has 0 aliphatic carbocycles. The third-order valence-corrected chi connectivity index (χ3v) is 7.53. The van der Waals surface area contributed by atoms with Gasteiger partial charge in [-0.3, -0.25) is 14.6 Å². The molecule has 0 radical (unpaired) electrons. The molecule has 2 aromatic carbocycles. The van der Waals surface area contributed by atoms with Gasteiger partial charge in [0.2, 0.25) is 5.91 Å². The van der Waals surface area contributed by atoms with Crippen LogP contribution in [0.15, 0.2) is 59.5 Å². The summed E-state index contributed by atoms with van der Waals surface area (Å²) in [6, 6.07) is 19.4. The molecule has 2 aromatic rings. The highest BCUT2D eigenvalue weighted by Crippen LogP contribution is 2.21. The van der Waals surface area contributed by atoms with Gasteiger partial charge in [-0.05, 0) is 29.9 Å². The van der Waals surface area contributed by atoms with Crippen LogP contribution in [0.4, 0.5) is 0 Å². The minimum Gasteiger partial charge on any atom is -0.339 e. The molecular formula is C26H36N4OS. The molecule has 0 saturated carbocycles. The number of amides is 1. The highest BCUT2D eigenvalue weighted by Gasteiger charge is 2.25. The molecule has 2 aliphatic heterocycles. The largest absolute Gasteiger partial charge is 0.339 e. The summed E-state index contributed by atoms with van der Waals surface area (Å²) in [7, 11) is 0. The van der Waals surface area contributed by atoms with Gasteiger partial charge in [-0.2, -0.15) is 0 Å². The Labute approximate surface area is 197 Å². The summed E-state index contributed by atoms with van der Waals surface area (Å²) in [5.41, 5.74) is 2.80. The molecule has 0 unspecified atom stereocenters. The molecule has 0 aromatic heterocycles. The fourth-order valence-electron chi connectivity index (χ4n) is 4.62. The van der Waals surface area contributed by atoms with Crippen LogP contribution in [0.3, 0.4) is 0 Å². The van der Waals surface area contributed by atoms with Crippen LogP contribution in [0.2, 0.25) is 0 Å². The molecule has 32 heavy (non-hydrogen) atoms. The first kappa shape index (κ1) is 23.3. The molecule has 4 rings (SSSR count). The Balaban J connectivity index is 1.15. The zero-order valence-corrected chi connectivity index (χ0v) is 20.1. The quantitative estimate of drug-likeness (QED) is 0.575. The highest BCUT2D eigenvalue weighted by molar-refractivity contribution is 7.98. The van der Waals surface area contributed by atoms with E-state index in [2.05, 4.69) is 80.5 Å². The van der Waals surface area contributed by atoms with E-state index >= 15 is 0 Å². The van der Waals surface area contributed by atoms with Gasteiger partial charge < -0.3 is 9.80 Å². The number of hydrogen-bond donors (Lipinski definition) is 0. The van der Waals surface area contributed by atoms with Crippen molar-refractivity contribution in [1.29, 1.82) is 0 Å². The second-order valence-electron chi connectivity index (χ2n) is 8.82. The lowest BCUT2D eigenvalue weighted by Crippen LogP contribution is -2.53. The van der Waals surface area contributed by atoms with Gasteiger partial charge in [-0.15, -0.1) is 11.8 Å². The molecule has 5 nitrogen and oxygen atoms in total. The number of rotatable bonds is 8. The molecule has 0 atom stereocenters. The first-order valence-corrected chi connectivity index (χ1v) is 13.0. The fraction of sp³-hybridized carbons (Fsp3) is 0.500. The van der Waals surface area contributed by atoms with Crippen molar-refractivity contribution in [3.05, 3.63) is 65.7 Å². The summed E-state index contributed by atoms with van der Waals surface area (Å²) in [5.74, 6) is 0.298. The van der Waals surface area contributed by atoms with E-state index in [1.54, 1.807) is 0 Å². The molecule has 6 heteroatoms. The zero-order valence-electron chi connectivity index (χ0n) is 19.3.